The maximum Gasteiger partial charge on any atom is 0.144 e. The molecular weight excluding hydrogens is 320 g/mol. The number of carbonyl (C=O) groups is 4. The van der Waals surface area contributed by atoms with Crippen LogP contribution in [0.2, 0.25) is 0 Å². The fourth-order valence-electron chi connectivity index (χ4n) is 4.06. The zero-order valence-corrected chi connectivity index (χ0v) is 14.3. The van der Waals surface area contributed by atoms with E-state index in [-0.39, 0.29) is 23.1 Å². The normalized spacial score (nSPS) is 20.4. The van der Waals surface area contributed by atoms with Crippen molar-refractivity contribution >= 4 is 23.1 Å². The van der Waals surface area contributed by atoms with Gasteiger partial charge in [-0.2, -0.15) is 0 Å². The van der Waals surface area contributed by atoms with Crippen molar-refractivity contribution in [3.63, 3.8) is 0 Å². The lowest BCUT2D eigenvalue weighted by atomic mass is 9.65. The molecule has 0 aromatic heterocycles. The van der Waals surface area contributed by atoms with Crippen molar-refractivity contribution in [2.75, 3.05) is 7.11 Å². The van der Waals surface area contributed by atoms with E-state index in [4.69, 9.17) is 4.74 Å². The van der Waals surface area contributed by atoms with Gasteiger partial charge in [-0.1, -0.05) is 12.1 Å². The Balaban J connectivity index is 2.06. The Bertz CT molecular complexity index is 633. The van der Waals surface area contributed by atoms with Crippen LogP contribution in [0, 0.1) is 11.8 Å². The molecule has 0 atom stereocenters. The molecule has 2 aliphatic carbocycles. The molecule has 5 nitrogen and oxygen atoms in total. The van der Waals surface area contributed by atoms with Gasteiger partial charge in [0.25, 0.3) is 0 Å². The molecule has 132 valence electrons. The molecular formula is C20H22O5. The Kier molecular flexibility index (Phi) is 5.11. The van der Waals surface area contributed by atoms with Crippen LogP contribution in [0.4, 0.5) is 0 Å². The van der Waals surface area contributed by atoms with Crippen LogP contribution < -0.4 is 4.74 Å². The van der Waals surface area contributed by atoms with Crippen molar-refractivity contribution in [1.82, 2.24) is 0 Å². The SMILES string of the molecule is COc1ccc(C(C2C(=O)CCCC2=O)C2C(=O)CCCC2=O)cc1. The Morgan fingerprint density at radius 1 is 0.760 bits per heavy atom. The number of Topliss-reactive ketones (excluding diaryl/α,β-unsaturated/α-hetero) is 4. The molecule has 1 aromatic rings. The molecule has 0 heterocycles. The molecule has 25 heavy (non-hydrogen) atoms. The minimum Gasteiger partial charge on any atom is -0.497 e. The third kappa shape index (κ3) is 3.41. The van der Waals surface area contributed by atoms with Crippen LogP contribution in [0.3, 0.4) is 0 Å². The average Bonchev–Trinajstić information content (AvgIpc) is 2.60. The van der Waals surface area contributed by atoms with Crippen LogP contribution >= 0.6 is 0 Å². The summed E-state index contributed by atoms with van der Waals surface area (Å²) in [6, 6.07) is 6.98. The molecule has 0 saturated heterocycles. The Morgan fingerprint density at radius 2 is 1.16 bits per heavy atom. The maximum atomic E-state index is 12.5. The van der Waals surface area contributed by atoms with E-state index in [0.29, 0.717) is 49.8 Å². The highest BCUT2D eigenvalue weighted by Gasteiger charge is 2.47. The van der Waals surface area contributed by atoms with E-state index in [1.807, 2.05) is 0 Å². The smallest absolute Gasteiger partial charge is 0.144 e. The average molecular weight is 342 g/mol. The van der Waals surface area contributed by atoms with Gasteiger partial charge in [0.1, 0.15) is 28.9 Å². The van der Waals surface area contributed by atoms with Gasteiger partial charge in [0.2, 0.25) is 0 Å². The summed E-state index contributed by atoms with van der Waals surface area (Å²) in [5.41, 5.74) is 0.683. The lowest BCUT2D eigenvalue weighted by Crippen LogP contribution is -2.43. The molecule has 2 saturated carbocycles. The number of methoxy groups -OCH3 is 1. The number of ketones is 4. The van der Waals surface area contributed by atoms with Gasteiger partial charge in [0.05, 0.1) is 18.9 Å². The molecule has 3 rings (SSSR count). The van der Waals surface area contributed by atoms with Gasteiger partial charge in [0.15, 0.2) is 0 Å². The van der Waals surface area contributed by atoms with Gasteiger partial charge in [0, 0.05) is 31.6 Å². The summed E-state index contributed by atoms with van der Waals surface area (Å²) in [6.07, 6.45) is 2.43. The largest absolute Gasteiger partial charge is 0.497 e. The van der Waals surface area contributed by atoms with Crippen LogP contribution in [-0.2, 0) is 19.2 Å². The lowest BCUT2D eigenvalue weighted by molar-refractivity contribution is -0.141. The first-order valence-corrected chi connectivity index (χ1v) is 8.77. The summed E-state index contributed by atoms with van der Waals surface area (Å²) in [7, 11) is 1.55. The van der Waals surface area contributed by atoms with E-state index < -0.39 is 17.8 Å². The molecule has 0 N–H and O–H groups in total. The van der Waals surface area contributed by atoms with Gasteiger partial charge < -0.3 is 4.74 Å². The van der Waals surface area contributed by atoms with E-state index in [9.17, 15) is 19.2 Å². The highest BCUT2D eigenvalue weighted by Crippen LogP contribution is 2.41. The van der Waals surface area contributed by atoms with Gasteiger partial charge in [-0.05, 0) is 30.5 Å². The summed E-state index contributed by atoms with van der Waals surface area (Å²) >= 11 is 0. The van der Waals surface area contributed by atoms with E-state index >= 15 is 0 Å². The Labute approximate surface area is 146 Å². The summed E-state index contributed by atoms with van der Waals surface area (Å²) in [6.45, 7) is 0. The van der Waals surface area contributed by atoms with E-state index in [0.717, 1.165) is 0 Å². The summed E-state index contributed by atoms with van der Waals surface area (Å²) in [5, 5.41) is 0. The molecule has 5 heteroatoms. The zero-order chi connectivity index (χ0) is 18.0. The van der Waals surface area contributed by atoms with E-state index in [1.54, 1.807) is 31.4 Å². The maximum absolute atomic E-state index is 12.5. The van der Waals surface area contributed by atoms with Crippen molar-refractivity contribution in [3.05, 3.63) is 29.8 Å². The topological polar surface area (TPSA) is 77.5 Å². The van der Waals surface area contributed by atoms with Crippen molar-refractivity contribution < 1.29 is 23.9 Å². The molecule has 0 radical (unpaired) electrons. The van der Waals surface area contributed by atoms with Crippen LogP contribution in [0.1, 0.15) is 50.0 Å². The first kappa shape index (κ1) is 17.5. The van der Waals surface area contributed by atoms with Crippen LogP contribution in [-0.4, -0.2) is 30.2 Å². The van der Waals surface area contributed by atoms with Crippen LogP contribution in [0.15, 0.2) is 24.3 Å². The Morgan fingerprint density at radius 3 is 1.52 bits per heavy atom. The highest BCUT2D eigenvalue weighted by molar-refractivity contribution is 6.10. The second-order valence-corrected chi connectivity index (χ2v) is 6.83. The monoisotopic (exact) mass is 342 g/mol. The van der Waals surface area contributed by atoms with Crippen LogP contribution in [0.5, 0.6) is 5.75 Å². The third-order valence-electron chi connectivity index (χ3n) is 5.30. The molecule has 0 aliphatic heterocycles. The molecule has 2 fully saturated rings. The summed E-state index contributed by atoms with van der Waals surface area (Å²) < 4.78 is 5.16. The predicted molar refractivity (Wildman–Crippen MR) is 90.4 cm³/mol. The minimum atomic E-state index is -0.891. The Hall–Kier alpha value is -2.30. The van der Waals surface area contributed by atoms with Crippen molar-refractivity contribution in [3.8, 4) is 5.75 Å². The van der Waals surface area contributed by atoms with Gasteiger partial charge in [-0.25, -0.2) is 0 Å². The van der Waals surface area contributed by atoms with E-state index in [1.165, 1.54) is 0 Å². The molecule has 1 aromatic carbocycles. The first-order valence-electron chi connectivity index (χ1n) is 8.77. The third-order valence-corrected chi connectivity index (χ3v) is 5.30. The lowest BCUT2D eigenvalue weighted by Gasteiger charge is -2.34. The summed E-state index contributed by atoms with van der Waals surface area (Å²) in [4.78, 5) is 50.1. The number of hydrogen-bond acceptors (Lipinski definition) is 5. The second kappa shape index (κ2) is 7.30. The predicted octanol–water partition coefficient (Wildman–Crippen LogP) is 2.66. The minimum absolute atomic E-state index is 0.150. The molecule has 0 amide bonds. The molecule has 2 aliphatic rings. The number of rotatable bonds is 4. The fraction of sp³-hybridized carbons (Fsp3) is 0.500. The fourth-order valence-corrected chi connectivity index (χ4v) is 4.06. The number of hydrogen-bond donors (Lipinski definition) is 0. The summed E-state index contributed by atoms with van der Waals surface area (Å²) in [5.74, 6) is -2.43. The standard InChI is InChI=1S/C20H22O5/c1-25-13-10-8-12(9-11-13)18(19-14(21)4-2-5-15(19)22)20-16(23)6-3-7-17(20)24/h8-11,18-20H,2-7H2,1H3. The highest BCUT2D eigenvalue weighted by atomic mass is 16.5. The quantitative estimate of drug-likeness (QED) is 0.786. The second-order valence-electron chi connectivity index (χ2n) is 6.83. The van der Waals surface area contributed by atoms with Gasteiger partial charge in [-0.3, -0.25) is 19.2 Å². The molecule has 0 spiro atoms. The van der Waals surface area contributed by atoms with Gasteiger partial charge in [-0.15, -0.1) is 0 Å². The number of ether oxygens (including phenoxy) is 1. The number of benzene rings is 1. The zero-order valence-electron chi connectivity index (χ0n) is 14.3. The molecule has 0 bridgehead atoms. The van der Waals surface area contributed by atoms with Crippen molar-refractivity contribution in [2.45, 2.75) is 44.4 Å². The number of carbonyl (C=O) groups excluding carboxylic acids is 4. The van der Waals surface area contributed by atoms with Crippen molar-refractivity contribution in [2.24, 2.45) is 11.8 Å². The first-order chi connectivity index (χ1) is 12.0. The van der Waals surface area contributed by atoms with E-state index in [2.05, 4.69) is 0 Å². The van der Waals surface area contributed by atoms with Crippen LogP contribution in [0.25, 0.3) is 0 Å². The van der Waals surface area contributed by atoms with Crippen molar-refractivity contribution in [1.29, 1.82) is 0 Å². The molecule has 0 unspecified atom stereocenters. The van der Waals surface area contributed by atoms with Gasteiger partial charge >= 0.3 is 0 Å².